The van der Waals surface area contributed by atoms with E-state index in [1.54, 1.807) is 10.8 Å². The van der Waals surface area contributed by atoms with Crippen molar-refractivity contribution < 1.29 is 9.21 Å². The Labute approximate surface area is 221 Å². The second-order valence-electron chi connectivity index (χ2n) is 8.55. The van der Waals surface area contributed by atoms with Crippen LogP contribution in [0.2, 0.25) is 0 Å². The lowest BCUT2D eigenvalue weighted by atomic mass is 9.97. The summed E-state index contributed by atoms with van der Waals surface area (Å²) in [7, 11) is 0. The van der Waals surface area contributed by atoms with E-state index in [1.165, 1.54) is 41.5 Å². The fourth-order valence-electron chi connectivity index (χ4n) is 4.25. The number of furan rings is 1. The van der Waals surface area contributed by atoms with Crippen LogP contribution in [0, 0.1) is 3.95 Å². The molecule has 1 amide bonds. The van der Waals surface area contributed by atoms with Gasteiger partial charge in [0.2, 0.25) is 5.91 Å². The van der Waals surface area contributed by atoms with E-state index in [4.69, 9.17) is 21.6 Å². The largest absolute Gasteiger partial charge is 0.467 e. The van der Waals surface area contributed by atoms with Crippen molar-refractivity contribution in [3.05, 3.63) is 80.4 Å². The maximum atomic E-state index is 13.6. The number of benzene rings is 1. The molecule has 1 aliphatic rings. The number of aromatic nitrogens is 3. The molecular formula is C26H26N4O3S3. The van der Waals surface area contributed by atoms with Crippen LogP contribution in [0.25, 0.3) is 16.0 Å². The predicted octanol–water partition coefficient (Wildman–Crippen LogP) is 5.72. The van der Waals surface area contributed by atoms with Crippen LogP contribution in [0.5, 0.6) is 0 Å². The van der Waals surface area contributed by atoms with Crippen molar-refractivity contribution in [3.63, 3.8) is 0 Å². The second kappa shape index (κ2) is 11.4. The molecule has 10 heteroatoms. The summed E-state index contributed by atoms with van der Waals surface area (Å²) in [5, 5.41) is 3.46. The summed E-state index contributed by atoms with van der Waals surface area (Å²) >= 11 is 8.06. The molecule has 3 heterocycles. The molecule has 0 aliphatic heterocycles. The molecular weight excluding hydrogens is 513 g/mol. The number of carbonyl (C=O) groups excluding carboxylic acids is 1. The van der Waals surface area contributed by atoms with Gasteiger partial charge in [0.05, 0.1) is 24.2 Å². The van der Waals surface area contributed by atoms with Crippen molar-refractivity contribution in [3.8, 4) is 5.69 Å². The maximum Gasteiger partial charge on any atom is 0.278 e. The number of para-hydroxylation sites is 1. The molecule has 7 nitrogen and oxygen atoms in total. The molecule has 0 fully saturated rings. The van der Waals surface area contributed by atoms with Gasteiger partial charge >= 0.3 is 0 Å². The van der Waals surface area contributed by atoms with E-state index in [0.717, 1.165) is 25.0 Å². The van der Waals surface area contributed by atoms with Crippen molar-refractivity contribution in [1.82, 2.24) is 19.4 Å². The van der Waals surface area contributed by atoms with E-state index in [1.807, 2.05) is 47.0 Å². The standard InChI is InChI=1S/C26H26N4O3S3/c31-21(27-14-13-18-8-3-1-4-9-18)17-35-25-28-23-22(24(32)30(25)19-10-5-2-6-11-19)36-26(34)29(23)16-20-12-7-15-33-20/h2,5-8,10-12,15H,1,3-4,9,13-14,16-17H2,(H,27,31). The third-order valence-corrected chi connectivity index (χ3v) is 8.42. The highest BCUT2D eigenvalue weighted by Gasteiger charge is 2.19. The SMILES string of the molecule is O=C(CSc1nc2c(sc(=S)n2Cc2ccco2)c(=O)n1-c1ccccc1)NCCC1=CCCCC1. The van der Waals surface area contributed by atoms with Crippen LogP contribution in [-0.4, -0.2) is 32.3 Å². The fourth-order valence-corrected chi connectivity index (χ4v) is 6.34. The predicted molar refractivity (Wildman–Crippen MR) is 147 cm³/mol. The Morgan fingerprint density at radius 3 is 2.81 bits per heavy atom. The molecule has 1 aromatic carbocycles. The minimum absolute atomic E-state index is 0.0805. The number of nitrogens with one attached hydrogen (secondary N) is 1. The van der Waals surface area contributed by atoms with Crippen molar-refractivity contribution in [2.75, 3.05) is 12.3 Å². The van der Waals surface area contributed by atoms with Gasteiger partial charge in [0, 0.05) is 6.54 Å². The summed E-state index contributed by atoms with van der Waals surface area (Å²) in [6.07, 6.45) is 9.54. The molecule has 5 rings (SSSR count). The van der Waals surface area contributed by atoms with Crippen LogP contribution >= 0.6 is 35.3 Å². The number of hydrogen-bond donors (Lipinski definition) is 1. The first kappa shape index (κ1) is 24.7. The first-order valence-electron chi connectivity index (χ1n) is 11.9. The Morgan fingerprint density at radius 2 is 2.06 bits per heavy atom. The van der Waals surface area contributed by atoms with E-state index < -0.39 is 0 Å². The molecule has 1 N–H and O–H groups in total. The summed E-state index contributed by atoms with van der Waals surface area (Å²) in [6, 6.07) is 13.0. The van der Waals surface area contributed by atoms with E-state index in [0.29, 0.717) is 38.2 Å². The van der Waals surface area contributed by atoms with E-state index in [2.05, 4.69) is 11.4 Å². The smallest absolute Gasteiger partial charge is 0.278 e. The molecule has 0 unspecified atom stereocenters. The average Bonchev–Trinajstić information content (AvgIpc) is 3.52. The minimum Gasteiger partial charge on any atom is -0.467 e. The molecule has 36 heavy (non-hydrogen) atoms. The molecule has 0 saturated carbocycles. The lowest BCUT2D eigenvalue weighted by Crippen LogP contribution is -2.27. The quantitative estimate of drug-likeness (QED) is 0.127. The number of rotatable bonds is 9. The Balaban J connectivity index is 1.42. The first-order chi connectivity index (χ1) is 17.6. The van der Waals surface area contributed by atoms with Crippen molar-refractivity contribution >= 4 is 51.6 Å². The number of thiazole rings is 1. The molecule has 4 aromatic rings. The summed E-state index contributed by atoms with van der Waals surface area (Å²) in [4.78, 5) is 31.1. The lowest BCUT2D eigenvalue weighted by Gasteiger charge is -2.14. The summed E-state index contributed by atoms with van der Waals surface area (Å²) in [6.45, 7) is 1.00. The zero-order valence-electron chi connectivity index (χ0n) is 19.6. The van der Waals surface area contributed by atoms with Crippen LogP contribution in [0.3, 0.4) is 0 Å². The second-order valence-corrected chi connectivity index (χ2v) is 11.1. The van der Waals surface area contributed by atoms with Gasteiger partial charge in [0.1, 0.15) is 10.5 Å². The Morgan fingerprint density at radius 1 is 1.19 bits per heavy atom. The molecule has 0 atom stereocenters. The van der Waals surface area contributed by atoms with Gasteiger partial charge in [0.25, 0.3) is 5.56 Å². The van der Waals surface area contributed by atoms with Crippen molar-refractivity contribution in [1.29, 1.82) is 0 Å². The van der Waals surface area contributed by atoms with Gasteiger partial charge in [-0.25, -0.2) is 4.98 Å². The van der Waals surface area contributed by atoms with E-state index in [-0.39, 0.29) is 17.2 Å². The highest BCUT2D eigenvalue weighted by molar-refractivity contribution is 7.99. The number of allylic oxidation sites excluding steroid dienone is 1. The molecule has 0 spiro atoms. The van der Waals surface area contributed by atoms with Crippen LogP contribution in [0.1, 0.15) is 37.9 Å². The van der Waals surface area contributed by atoms with Crippen molar-refractivity contribution in [2.24, 2.45) is 0 Å². The Hall–Kier alpha value is -2.95. The van der Waals surface area contributed by atoms with Gasteiger partial charge in [-0.05, 0) is 68.6 Å². The molecule has 0 saturated heterocycles. The number of nitrogens with zero attached hydrogens (tertiary/aromatic N) is 3. The van der Waals surface area contributed by atoms with Gasteiger partial charge in [-0.3, -0.25) is 18.7 Å². The summed E-state index contributed by atoms with van der Waals surface area (Å²) in [5.41, 5.74) is 2.43. The minimum atomic E-state index is -0.201. The van der Waals surface area contributed by atoms with Gasteiger partial charge in [-0.15, -0.1) is 0 Å². The van der Waals surface area contributed by atoms with Crippen molar-refractivity contribution in [2.45, 2.75) is 43.8 Å². The van der Waals surface area contributed by atoms with Crippen LogP contribution in [0.15, 0.2) is 74.7 Å². The van der Waals surface area contributed by atoms with Crippen LogP contribution in [0.4, 0.5) is 0 Å². The number of thioether (sulfide) groups is 1. The lowest BCUT2D eigenvalue weighted by molar-refractivity contribution is -0.118. The monoisotopic (exact) mass is 538 g/mol. The van der Waals surface area contributed by atoms with E-state index >= 15 is 0 Å². The summed E-state index contributed by atoms with van der Waals surface area (Å²) < 4.78 is 9.89. The first-order valence-corrected chi connectivity index (χ1v) is 14.1. The third kappa shape index (κ3) is 5.55. The number of carbonyl (C=O) groups is 1. The molecule has 0 radical (unpaired) electrons. The highest BCUT2D eigenvalue weighted by Crippen LogP contribution is 2.26. The Kier molecular flexibility index (Phi) is 7.84. The zero-order chi connectivity index (χ0) is 24.9. The number of hydrogen-bond acceptors (Lipinski definition) is 7. The molecule has 3 aromatic heterocycles. The normalized spacial score (nSPS) is 13.6. The average molecular weight is 539 g/mol. The van der Waals surface area contributed by atoms with Gasteiger partial charge < -0.3 is 9.73 Å². The third-order valence-electron chi connectivity index (χ3n) is 6.05. The number of fused-ring (bicyclic) bond motifs is 1. The molecule has 0 bridgehead atoms. The van der Waals surface area contributed by atoms with Crippen LogP contribution < -0.4 is 10.9 Å². The highest BCUT2D eigenvalue weighted by atomic mass is 32.2. The van der Waals surface area contributed by atoms with Gasteiger partial charge in [-0.2, -0.15) is 0 Å². The van der Waals surface area contributed by atoms with E-state index in [9.17, 15) is 9.59 Å². The number of amides is 1. The molecule has 1 aliphatic carbocycles. The zero-order valence-corrected chi connectivity index (χ0v) is 22.1. The molecule has 186 valence electrons. The van der Waals surface area contributed by atoms with Gasteiger partial charge in [0.15, 0.2) is 14.8 Å². The van der Waals surface area contributed by atoms with Crippen LogP contribution in [-0.2, 0) is 11.3 Å². The van der Waals surface area contributed by atoms with Gasteiger partial charge in [-0.1, -0.05) is 52.9 Å². The maximum absolute atomic E-state index is 13.6. The Bertz CT molecular complexity index is 1500. The summed E-state index contributed by atoms with van der Waals surface area (Å²) in [5.74, 6) is 0.803. The fraction of sp³-hybridized carbons (Fsp3) is 0.308. The topological polar surface area (TPSA) is 82.1 Å².